The molecule has 0 fully saturated rings. The monoisotopic (exact) mass is 411 g/mol. The summed E-state index contributed by atoms with van der Waals surface area (Å²) in [6, 6.07) is 14.3. The standard InChI is InChI=1S/C22H19F2N3O3/c1-14-5-7-15(8-6-14)12-25-22(30)19-3-2-4-21(29)27(19)13-20(28)26-18-10-9-16(23)11-17(18)24/h2-11H,12-13H2,1H3,(H,25,30)(H,26,28). The van der Waals surface area contributed by atoms with Crippen LogP contribution in [0.15, 0.2) is 65.5 Å². The van der Waals surface area contributed by atoms with E-state index in [4.69, 9.17) is 0 Å². The number of pyridine rings is 1. The summed E-state index contributed by atoms with van der Waals surface area (Å²) in [5.41, 5.74) is 1.17. The van der Waals surface area contributed by atoms with Gasteiger partial charge in [-0.2, -0.15) is 0 Å². The highest BCUT2D eigenvalue weighted by molar-refractivity contribution is 5.94. The van der Waals surface area contributed by atoms with Crippen LogP contribution in [0.5, 0.6) is 0 Å². The van der Waals surface area contributed by atoms with Crippen molar-refractivity contribution in [3.63, 3.8) is 0 Å². The average Bonchev–Trinajstić information content (AvgIpc) is 2.71. The summed E-state index contributed by atoms with van der Waals surface area (Å²) >= 11 is 0. The van der Waals surface area contributed by atoms with Crippen LogP contribution in [0.1, 0.15) is 21.6 Å². The van der Waals surface area contributed by atoms with Crippen LogP contribution in [0.3, 0.4) is 0 Å². The maximum Gasteiger partial charge on any atom is 0.268 e. The Hall–Kier alpha value is -3.81. The number of carbonyl (C=O) groups excluding carboxylic acids is 2. The lowest BCUT2D eigenvalue weighted by Crippen LogP contribution is -2.34. The zero-order chi connectivity index (χ0) is 21.7. The number of aryl methyl sites for hydroxylation is 1. The summed E-state index contributed by atoms with van der Waals surface area (Å²) < 4.78 is 27.7. The molecule has 0 aliphatic heterocycles. The van der Waals surface area contributed by atoms with E-state index in [1.807, 2.05) is 31.2 Å². The summed E-state index contributed by atoms with van der Waals surface area (Å²) in [6.07, 6.45) is 0. The summed E-state index contributed by atoms with van der Waals surface area (Å²) in [6.45, 7) is 1.69. The first-order valence-corrected chi connectivity index (χ1v) is 9.12. The molecule has 0 saturated heterocycles. The molecule has 6 nitrogen and oxygen atoms in total. The van der Waals surface area contributed by atoms with E-state index in [0.29, 0.717) is 6.07 Å². The first kappa shape index (κ1) is 20.9. The Kier molecular flexibility index (Phi) is 6.36. The van der Waals surface area contributed by atoms with Gasteiger partial charge < -0.3 is 10.6 Å². The van der Waals surface area contributed by atoms with E-state index in [1.165, 1.54) is 18.2 Å². The fourth-order valence-corrected chi connectivity index (χ4v) is 2.78. The summed E-state index contributed by atoms with van der Waals surface area (Å²) in [4.78, 5) is 37.1. The molecule has 1 heterocycles. The van der Waals surface area contributed by atoms with Crippen molar-refractivity contribution in [3.8, 4) is 0 Å². The van der Waals surface area contributed by atoms with E-state index >= 15 is 0 Å². The highest BCUT2D eigenvalue weighted by atomic mass is 19.1. The lowest BCUT2D eigenvalue weighted by molar-refractivity contribution is -0.116. The Morgan fingerprint density at radius 1 is 1.00 bits per heavy atom. The van der Waals surface area contributed by atoms with Gasteiger partial charge >= 0.3 is 0 Å². The van der Waals surface area contributed by atoms with Gasteiger partial charge in [-0.05, 0) is 30.7 Å². The molecule has 0 spiro atoms. The predicted octanol–water partition coefficient (Wildman–Crippen LogP) is 3.00. The van der Waals surface area contributed by atoms with Crippen molar-refractivity contribution in [1.82, 2.24) is 9.88 Å². The number of amides is 2. The molecule has 0 bridgehead atoms. The molecule has 0 unspecified atom stereocenters. The van der Waals surface area contributed by atoms with Gasteiger partial charge in [-0.1, -0.05) is 35.9 Å². The van der Waals surface area contributed by atoms with Crippen molar-refractivity contribution in [3.05, 3.63) is 99.5 Å². The van der Waals surface area contributed by atoms with E-state index in [0.717, 1.165) is 27.8 Å². The van der Waals surface area contributed by atoms with Gasteiger partial charge in [-0.25, -0.2) is 8.78 Å². The molecule has 2 amide bonds. The molecule has 30 heavy (non-hydrogen) atoms. The zero-order valence-corrected chi connectivity index (χ0v) is 16.1. The number of hydrogen-bond acceptors (Lipinski definition) is 3. The quantitative estimate of drug-likeness (QED) is 0.655. The first-order valence-electron chi connectivity index (χ1n) is 9.12. The Bertz CT molecular complexity index is 1140. The van der Waals surface area contributed by atoms with E-state index in [9.17, 15) is 23.2 Å². The molecule has 2 aromatic carbocycles. The molecule has 3 rings (SSSR count). The molecule has 0 aliphatic rings. The predicted molar refractivity (Wildman–Crippen MR) is 108 cm³/mol. The topological polar surface area (TPSA) is 80.2 Å². The maximum absolute atomic E-state index is 13.7. The molecule has 0 atom stereocenters. The van der Waals surface area contributed by atoms with Crippen molar-refractivity contribution in [1.29, 1.82) is 0 Å². The Balaban J connectivity index is 1.73. The number of halogens is 2. The minimum atomic E-state index is -0.945. The van der Waals surface area contributed by atoms with Crippen LogP contribution in [0, 0.1) is 18.6 Å². The minimum absolute atomic E-state index is 0.00987. The van der Waals surface area contributed by atoms with Crippen molar-refractivity contribution in [2.24, 2.45) is 0 Å². The van der Waals surface area contributed by atoms with Crippen LogP contribution in [0.25, 0.3) is 0 Å². The van der Waals surface area contributed by atoms with Crippen molar-refractivity contribution in [2.45, 2.75) is 20.0 Å². The van der Waals surface area contributed by atoms with Crippen molar-refractivity contribution >= 4 is 17.5 Å². The van der Waals surface area contributed by atoms with Crippen LogP contribution >= 0.6 is 0 Å². The zero-order valence-electron chi connectivity index (χ0n) is 16.1. The van der Waals surface area contributed by atoms with E-state index in [2.05, 4.69) is 10.6 Å². The molecule has 0 radical (unpaired) electrons. The number of nitrogens with zero attached hydrogens (tertiary/aromatic N) is 1. The highest BCUT2D eigenvalue weighted by Gasteiger charge is 2.16. The smallest absolute Gasteiger partial charge is 0.268 e. The maximum atomic E-state index is 13.7. The molecule has 2 N–H and O–H groups in total. The van der Waals surface area contributed by atoms with E-state index in [1.54, 1.807) is 0 Å². The normalized spacial score (nSPS) is 10.5. The van der Waals surface area contributed by atoms with Crippen LogP contribution in [0.2, 0.25) is 0 Å². The molecular formula is C22H19F2N3O3. The minimum Gasteiger partial charge on any atom is -0.347 e. The lowest BCUT2D eigenvalue weighted by Gasteiger charge is -2.13. The molecule has 3 aromatic rings. The molecule has 0 aliphatic carbocycles. The molecule has 154 valence electrons. The van der Waals surface area contributed by atoms with E-state index in [-0.39, 0.29) is 17.9 Å². The SMILES string of the molecule is Cc1ccc(CNC(=O)c2cccc(=O)n2CC(=O)Nc2ccc(F)cc2F)cc1. The van der Waals surface area contributed by atoms with Gasteiger partial charge in [0.25, 0.3) is 11.5 Å². The third kappa shape index (κ3) is 5.16. The second-order valence-corrected chi connectivity index (χ2v) is 6.68. The van der Waals surface area contributed by atoms with E-state index < -0.39 is 35.6 Å². The summed E-state index contributed by atoms with van der Waals surface area (Å²) in [5, 5.41) is 4.98. The number of carbonyl (C=O) groups is 2. The Morgan fingerprint density at radius 2 is 1.73 bits per heavy atom. The third-order valence-electron chi connectivity index (χ3n) is 4.36. The first-order chi connectivity index (χ1) is 14.3. The van der Waals surface area contributed by atoms with Gasteiger partial charge in [-0.15, -0.1) is 0 Å². The fraction of sp³-hybridized carbons (Fsp3) is 0.136. The summed E-state index contributed by atoms with van der Waals surface area (Å²) in [5.74, 6) is -2.99. The average molecular weight is 411 g/mol. The third-order valence-corrected chi connectivity index (χ3v) is 4.36. The Morgan fingerprint density at radius 3 is 2.43 bits per heavy atom. The van der Waals surface area contributed by atoms with Crippen molar-refractivity contribution < 1.29 is 18.4 Å². The molecule has 8 heteroatoms. The van der Waals surface area contributed by atoms with Gasteiger partial charge in [-0.3, -0.25) is 19.0 Å². The number of hydrogen-bond donors (Lipinski definition) is 2. The molecule has 0 saturated carbocycles. The lowest BCUT2D eigenvalue weighted by atomic mass is 10.1. The van der Waals surface area contributed by atoms with Gasteiger partial charge in [0.1, 0.15) is 23.9 Å². The largest absolute Gasteiger partial charge is 0.347 e. The number of nitrogens with one attached hydrogen (secondary N) is 2. The second-order valence-electron chi connectivity index (χ2n) is 6.68. The number of anilines is 1. The molecular weight excluding hydrogens is 392 g/mol. The summed E-state index contributed by atoms with van der Waals surface area (Å²) in [7, 11) is 0. The van der Waals surface area contributed by atoms with Crippen molar-refractivity contribution in [2.75, 3.05) is 5.32 Å². The van der Waals surface area contributed by atoms with Gasteiger partial charge in [0.05, 0.1) is 5.69 Å². The van der Waals surface area contributed by atoms with Crippen LogP contribution in [-0.4, -0.2) is 16.4 Å². The highest BCUT2D eigenvalue weighted by Crippen LogP contribution is 2.15. The number of aromatic nitrogens is 1. The number of rotatable bonds is 6. The van der Waals surface area contributed by atoms with Crippen LogP contribution in [-0.2, 0) is 17.9 Å². The fourth-order valence-electron chi connectivity index (χ4n) is 2.78. The van der Waals surface area contributed by atoms with Crippen LogP contribution < -0.4 is 16.2 Å². The number of benzene rings is 2. The Labute approximate surface area is 171 Å². The van der Waals surface area contributed by atoms with Gasteiger partial charge in [0, 0.05) is 18.7 Å². The van der Waals surface area contributed by atoms with Gasteiger partial charge in [0.15, 0.2) is 0 Å². The van der Waals surface area contributed by atoms with Gasteiger partial charge in [0.2, 0.25) is 5.91 Å². The second kappa shape index (κ2) is 9.13. The van der Waals surface area contributed by atoms with Crippen LogP contribution in [0.4, 0.5) is 14.5 Å². The molecule has 1 aromatic heterocycles.